The first-order valence-electron chi connectivity index (χ1n) is 9.68. The molecule has 6 N–H and O–H groups in total. The van der Waals surface area contributed by atoms with Crippen molar-refractivity contribution >= 4 is 0 Å². The second kappa shape index (κ2) is 9.47. The predicted molar refractivity (Wildman–Crippen MR) is 116 cm³/mol. The number of hydrogen-bond donors (Lipinski definition) is 3. The van der Waals surface area contributed by atoms with Crippen LogP contribution in [0.1, 0.15) is 16.7 Å². The zero-order valence-corrected chi connectivity index (χ0v) is 15.8. The third-order valence-corrected chi connectivity index (χ3v) is 4.96. The van der Waals surface area contributed by atoms with Gasteiger partial charge in [0.2, 0.25) is 0 Å². The molecule has 0 heterocycles. The topological polar surface area (TPSA) is 78.1 Å². The molecule has 0 fully saturated rings. The lowest BCUT2D eigenvalue weighted by Crippen LogP contribution is -2.08. The molecule has 3 aromatic carbocycles. The first-order chi connectivity index (χ1) is 13.3. The van der Waals surface area contributed by atoms with Gasteiger partial charge < -0.3 is 17.2 Å². The summed E-state index contributed by atoms with van der Waals surface area (Å²) in [5, 5.41) is 0. The number of hydrogen-bond acceptors (Lipinski definition) is 3. The molecule has 0 spiro atoms. The molecule has 3 aromatic rings. The fraction of sp³-hybridized carbons (Fsp3) is 0.250. The lowest BCUT2D eigenvalue weighted by Gasteiger charge is -2.16. The van der Waals surface area contributed by atoms with Crippen LogP contribution in [0.4, 0.5) is 0 Å². The molecule has 0 aromatic heterocycles. The molecule has 0 aliphatic rings. The summed E-state index contributed by atoms with van der Waals surface area (Å²) in [4.78, 5) is 0. The summed E-state index contributed by atoms with van der Waals surface area (Å²) < 4.78 is 0. The Morgan fingerprint density at radius 3 is 1.70 bits per heavy atom. The molecule has 0 atom stereocenters. The third kappa shape index (κ3) is 4.45. The van der Waals surface area contributed by atoms with Crippen LogP contribution in [0.3, 0.4) is 0 Å². The van der Waals surface area contributed by atoms with Gasteiger partial charge >= 0.3 is 0 Å². The van der Waals surface area contributed by atoms with E-state index in [9.17, 15) is 0 Å². The number of nitrogens with two attached hydrogens (primary N) is 3. The fourth-order valence-electron chi connectivity index (χ4n) is 3.77. The van der Waals surface area contributed by atoms with E-state index in [0.717, 1.165) is 19.3 Å². The minimum atomic E-state index is 0.637. The van der Waals surface area contributed by atoms with Crippen molar-refractivity contribution < 1.29 is 0 Å². The van der Waals surface area contributed by atoms with Gasteiger partial charge in [0.15, 0.2) is 0 Å². The van der Waals surface area contributed by atoms with Gasteiger partial charge in [0.1, 0.15) is 0 Å². The van der Waals surface area contributed by atoms with E-state index in [1.54, 1.807) is 0 Å². The highest BCUT2D eigenvalue weighted by Gasteiger charge is 2.12. The monoisotopic (exact) mass is 359 g/mol. The molecule has 0 unspecified atom stereocenters. The second-order valence-electron chi connectivity index (χ2n) is 6.81. The molecule has 0 aliphatic carbocycles. The van der Waals surface area contributed by atoms with Crippen molar-refractivity contribution in [3.8, 4) is 22.3 Å². The maximum absolute atomic E-state index is 5.87. The van der Waals surface area contributed by atoms with Crippen LogP contribution in [-0.4, -0.2) is 19.6 Å². The highest BCUT2D eigenvalue weighted by atomic mass is 14.5. The van der Waals surface area contributed by atoms with Gasteiger partial charge in [-0.25, -0.2) is 0 Å². The zero-order valence-electron chi connectivity index (χ0n) is 15.8. The molecule has 27 heavy (non-hydrogen) atoms. The Hall–Kier alpha value is -2.46. The molecule has 140 valence electrons. The maximum atomic E-state index is 5.87. The quantitative estimate of drug-likeness (QED) is 0.576. The standard InChI is InChI=1S/C24H29N3/c25-14-11-18-5-1-2-10-23(18)21-8-4-9-22(17-21)24-19(12-15-26)6-3-7-20(24)13-16-27/h1-10,17H,11-16,25-27H2. The second-order valence-corrected chi connectivity index (χ2v) is 6.81. The van der Waals surface area contributed by atoms with Crippen LogP contribution in [0.2, 0.25) is 0 Å². The van der Waals surface area contributed by atoms with Crippen LogP contribution in [0.25, 0.3) is 22.3 Å². The van der Waals surface area contributed by atoms with E-state index in [0.29, 0.717) is 19.6 Å². The van der Waals surface area contributed by atoms with Crippen LogP contribution in [0, 0.1) is 0 Å². The van der Waals surface area contributed by atoms with E-state index in [4.69, 9.17) is 17.2 Å². The summed E-state index contributed by atoms with van der Waals surface area (Å²) in [6, 6.07) is 23.7. The van der Waals surface area contributed by atoms with Crippen molar-refractivity contribution in [2.45, 2.75) is 19.3 Å². The van der Waals surface area contributed by atoms with Crippen molar-refractivity contribution in [3.05, 3.63) is 83.4 Å². The van der Waals surface area contributed by atoms with E-state index in [1.165, 1.54) is 38.9 Å². The first kappa shape index (κ1) is 19.3. The highest BCUT2D eigenvalue weighted by Crippen LogP contribution is 2.33. The largest absolute Gasteiger partial charge is 0.330 e. The Morgan fingerprint density at radius 2 is 1.04 bits per heavy atom. The first-order valence-corrected chi connectivity index (χ1v) is 9.68. The average molecular weight is 360 g/mol. The molecule has 0 bridgehead atoms. The Morgan fingerprint density at radius 1 is 0.519 bits per heavy atom. The highest BCUT2D eigenvalue weighted by molar-refractivity contribution is 5.78. The Bertz CT molecular complexity index is 862. The molecule has 0 amide bonds. The lowest BCUT2D eigenvalue weighted by molar-refractivity contribution is 0.944. The van der Waals surface area contributed by atoms with Gasteiger partial charge in [0.25, 0.3) is 0 Å². The molecule has 0 radical (unpaired) electrons. The Labute approximate surface area is 162 Å². The predicted octanol–water partition coefficient (Wildman–Crippen LogP) is 3.52. The molecule has 3 nitrogen and oxygen atoms in total. The van der Waals surface area contributed by atoms with E-state index in [-0.39, 0.29) is 0 Å². The van der Waals surface area contributed by atoms with Gasteiger partial charge in [0, 0.05) is 0 Å². The minimum absolute atomic E-state index is 0.637. The van der Waals surface area contributed by atoms with Crippen LogP contribution < -0.4 is 17.2 Å². The maximum Gasteiger partial charge on any atom is -0.00365 e. The number of rotatable bonds is 8. The molecule has 0 saturated carbocycles. The summed E-state index contributed by atoms with van der Waals surface area (Å²) in [7, 11) is 0. The SMILES string of the molecule is NCCc1ccccc1-c1cccc(-c2c(CCN)cccc2CCN)c1. The fourth-order valence-corrected chi connectivity index (χ4v) is 3.77. The van der Waals surface area contributed by atoms with Gasteiger partial charge in [0.05, 0.1) is 0 Å². The normalized spacial score (nSPS) is 10.9. The average Bonchev–Trinajstić information content (AvgIpc) is 2.69. The van der Waals surface area contributed by atoms with Gasteiger partial charge in [-0.3, -0.25) is 0 Å². The zero-order chi connectivity index (χ0) is 19.1. The van der Waals surface area contributed by atoms with Crippen molar-refractivity contribution in [2.24, 2.45) is 17.2 Å². The van der Waals surface area contributed by atoms with E-state index < -0.39 is 0 Å². The third-order valence-electron chi connectivity index (χ3n) is 4.96. The van der Waals surface area contributed by atoms with Crippen molar-refractivity contribution in [1.82, 2.24) is 0 Å². The van der Waals surface area contributed by atoms with Gasteiger partial charge in [-0.05, 0) is 83.9 Å². The molecule has 3 heteroatoms. The molecular formula is C24H29N3. The summed E-state index contributed by atoms with van der Waals surface area (Å²) in [6.45, 7) is 1.92. The molecule has 0 aliphatic heterocycles. The van der Waals surface area contributed by atoms with Crippen molar-refractivity contribution in [1.29, 1.82) is 0 Å². The summed E-state index contributed by atoms with van der Waals surface area (Å²) in [5.74, 6) is 0. The van der Waals surface area contributed by atoms with Crippen LogP contribution in [0.15, 0.2) is 66.7 Å². The van der Waals surface area contributed by atoms with Gasteiger partial charge in [-0.2, -0.15) is 0 Å². The Kier molecular flexibility index (Phi) is 6.77. The summed E-state index contributed by atoms with van der Waals surface area (Å²) in [6.07, 6.45) is 2.60. The van der Waals surface area contributed by atoms with Gasteiger partial charge in [-0.15, -0.1) is 0 Å². The number of benzene rings is 3. The van der Waals surface area contributed by atoms with Crippen molar-refractivity contribution in [2.75, 3.05) is 19.6 Å². The Balaban J connectivity index is 2.12. The minimum Gasteiger partial charge on any atom is -0.330 e. The van der Waals surface area contributed by atoms with Crippen LogP contribution in [-0.2, 0) is 19.3 Å². The van der Waals surface area contributed by atoms with Crippen molar-refractivity contribution in [3.63, 3.8) is 0 Å². The van der Waals surface area contributed by atoms with E-state index >= 15 is 0 Å². The molecule has 3 rings (SSSR count). The van der Waals surface area contributed by atoms with E-state index in [2.05, 4.69) is 66.7 Å². The van der Waals surface area contributed by atoms with Gasteiger partial charge in [-0.1, -0.05) is 60.7 Å². The molecular weight excluding hydrogens is 330 g/mol. The summed E-state index contributed by atoms with van der Waals surface area (Å²) >= 11 is 0. The lowest BCUT2D eigenvalue weighted by atomic mass is 9.89. The van der Waals surface area contributed by atoms with Crippen LogP contribution >= 0.6 is 0 Å². The smallest absolute Gasteiger partial charge is 0.00365 e. The molecule has 0 saturated heterocycles. The van der Waals surface area contributed by atoms with E-state index in [1.807, 2.05) is 0 Å². The van der Waals surface area contributed by atoms with Crippen LogP contribution in [0.5, 0.6) is 0 Å². The summed E-state index contributed by atoms with van der Waals surface area (Å²) in [5.41, 5.74) is 26.4.